The van der Waals surface area contributed by atoms with Crippen LogP contribution in [0, 0.1) is 0 Å². The van der Waals surface area contributed by atoms with Gasteiger partial charge in [0.2, 0.25) is 0 Å². The zero-order chi connectivity index (χ0) is 9.68. The number of ether oxygens (including phenoxy) is 3. The van der Waals surface area contributed by atoms with Crippen molar-refractivity contribution in [2.75, 3.05) is 20.8 Å². The van der Waals surface area contributed by atoms with Gasteiger partial charge in [-0.2, -0.15) is 0 Å². The molecule has 4 heteroatoms. The molecule has 0 aromatic heterocycles. The first-order valence-electron chi connectivity index (χ1n) is 4.36. The molecular formula is C9H16O4. The average molecular weight is 188 g/mol. The average Bonchev–Trinajstić information content (AvgIpc) is 2.21. The lowest BCUT2D eigenvalue weighted by atomic mass is 10.2. The Labute approximate surface area is 78.1 Å². The summed E-state index contributed by atoms with van der Waals surface area (Å²) in [5.41, 5.74) is 0. The molecule has 1 aliphatic heterocycles. The fourth-order valence-corrected chi connectivity index (χ4v) is 1.27. The predicted molar refractivity (Wildman–Crippen MR) is 47.1 cm³/mol. The number of hydrogen-bond acceptors (Lipinski definition) is 4. The van der Waals surface area contributed by atoms with E-state index < -0.39 is 12.4 Å². The van der Waals surface area contributed by atoms with Crippen LogP contribution in [-0.4, -0.2) is 38.3 Å². The fourth-order valence-electron chi connectivity index (χ4n) is 1.27. The zero-order valence-electron chi connectivity index (χ0n) is 8.03. The molecule has 0 bridgehead atoms. The van der Waals surface area contributed by atoms with Crippen LogP contribution in [0.5, 0.6) is 0 Å². The summed E-state index contributed by atoms with van der Waals surface area (Å²) >= 11 is 0. The Kier molecular flexibility index (Phi) is 4.21. The van der Waals surface area contributed by atoms with E-state index in [0.717, 1.165) is 12.8 Å². The molecule has 1 rings (SSSR count). The minimum atomic E-state index is -0.824. The number of rotatable bonds is 4. The molecule has 4 nitrogen and oxygen atoms in total. The van der Waals surface area contributed by atoms with Crippen LogP contribution in [0.4, 0.5) is 0 Å². The van der Waals surface area contributed by atoms with Gasteiger partial charge in [-0.1, -0.05) is 0 Å². The van der Waals surface area contributed by atoms with Crippen molar-refractivity contribution in [2.24, 2.45) is 0 Å². The maximum absolute atomic E-state index is 9.69. The molecule has 76 valence electrons. The van der Waals surface area contributed by atoms with E-state index in [0.29, 0.717) is 12.4 Å². The van der Waals surface area contributed by atoms with Crippen LogP contribution in [-0.2, 0) is 14.2 Å². The molecule has 0 spiro atoms. The Balaban J connectivity index is 2.53. The van der Waals surface area contributed by atoms with Crippen LogP contribution in [0.3, 0.4) is 0 Å². The topological polar surface area (TPSA) is 47.9 Å². The molecule has 1 heterocycles. The van der Waals surface area contributed by atoms with E-state index in [-0.39, 0.29) is 0 Å². The molecule has 0 saturated carbocycles. The van der Waals surface area contributed by atoms with E-state index >= 15 is 0 Å². The minimum absolute atomic E-state index is 0.556. The highest BCUT2D eigenvalue weighted by Gasteiger charge is 2.24. The van der Waals surface area contributed by atoms with E-state index in [9.17, 15) is 5.11 Å². The first kappa shape index (κ1) is 10.5. The molecule has 0 aliphatic carbocycles. The fraction of sp³-hybridized carbons (Fsp3) is 0.778. The summed E-state index contributed by atoms with van der Waals surface area (Å²) in [5.74, 6) is 0.556. The number of aliphatic hydroxyl groups excluding tert-OH is 1. The van der Waals surface area contributed by atoms with Gasteiger partial charge < -0.3 is 19.3 Å². The Morgan fingerprint density at radius 3 is 2.62 bits per heavy atom. The summed E-state index contributed by atoms with van der Waals surface area (Å²) in [7, 11) is 2.97. The molecule has 1 aliphatic rings. The van der Waals surface area contributed by atoms with Crippen LogP contribution >= 0.6 is 0 Å². The van der Waals surface area contributed by atoms with Gasteiger partial charge in [-0.3, -0.25) is 0 Å². The van der Waals surface area contributed by atoms with Gasteiger partial charge >= 0.3 is 0 Å². The maximum atomic E-state index is 9.69. The van der Waals surface area contributed by atoms with Crippen molar-refractivity contribution in [1.82, 2.24) is 0 Å². The molecule has 0 aromatic carbocycles. The van der Waals surface area contributed by atoms with Crippen LogP contribution in [0.2, 0.25) is 0 Å². The Bertz CT molecular complexity index is 174. The second-order valence-electron chi connectivity index (χ2n) is 2.88. The second kappa shape index (κ2) is 5.21. The van der Waals surface area contributed by atoms with E-state index in [1.54, 1.807) is 0 Å². The van der Waals surface area contributed by atoms with Gasteiger partial charge in [0.05, 0.1) is 6.61 Å². The van der Waals surface area contributed by atoms with Crippen molar-refractivity contribution >= 4 is 0 Å². The van der Waals surface area contributed by atoms with E-state index in [4.69, 9.17) is 14.2 Å². The van der Waals surface area contributed by atoms with E-state index in [1.165, 1.54) is 14.2 Å². The molecule has 1 unspecified atom stereocenters. The highest BCUT2D eigenvalue weighted by Crippen LogP contribution is 2.17. The number of aliphatic hydroxyl groups is 1. The smallest absolute Gasteiger partial charge is 0.190 e. The lowest BCUT2D eigenvalue weighted by Crippen LogP contribution is -2.33. The summed E-state index contributed by atoms with van der Waals surface area (Å²) in [5, 5.41) is 9.69. The van der Waals surface area contributed by atoms with Crippen molar-refractivity contribution in [1.29, 1.82) is 0 Å². The van der Waals surface area contributed by atoms with Gasteiger partial charge in [-0.25, -0.2) is 0 Å². The van der Waals surface area contributed by atoms with Gasteiger partial charge in [0.15, 0.2) is 12.4 Å². The highest BCUT2D eigenvalue weighted by atomic mass is 16.7. The van der Waals surface area contributed by atoms with Gasteiger partial charge in [0, 0.05) is 14.2 Å². The lowest BCUT2D eigenvalue weighted by molar-refractivity contribution is -0.164. The van der Waals surface area contributed by atoms with Gasteiger partial charge in [0.1, 0.15) is 5.76 Å². The molecule has 0 saturated heterocycles. The molecule has 0 aromatic rings. The standard InChI is InChI=1S/C9H16O4/c1-11-9(12-2)8(10)7-5-3-4-6-13-7/h5,8-10H,3-4,6H2,1-2H3. The predicted octanol–water partition coefficient (Wildman–Crippen LogP) is 0.660. The normalized spacial score (nSPS) is 19.5. The zero-order valence-corrected chi connectivity index (χ0v) is 8.03. The van der Waals surface area contributed by atoms with E-state index in [1.807, 2.05) is 6.08 Å². The third-order valence-electron chi connectivity index (χ3n) is 1.98. The van der Waals surface area contributed by atoms with Crippen molar-refractivity contribution < 1.29 is 19.3 Å². The first-order valence-corrected chi connectivity index (χ1v) is 4.36. The highest BCUT2D eigenvalue weighted by molar-refractivity contribution is 5.03. The summed E-state index contributed by atoms with van der Waals surface area (Å²) in [4.78, 5) is 0. The molecule has 0 amide bonds. The molecule has 0 fully saturated rings. The monoisotopic (exact) mass is 188 g/mol. The van der Waals surface area contributed by atoms with E-state index in [2.05, 4.69) is 0 Å². The van der Waals surface area contributed by atoms with Gasteiger partial charge in [-0.15, -0.1) is 0 Å². The van der Waals surface area contributed by atoms with Crippen molar-refractivity contribution in [2.45, 2.75) is 25.2 Å². The molecule has 0 radical (unpaired) electrons. The summed E-state index contributed by atoms with van der Waals surface area (Å²) in [6, 6.07) is 0. The number of methoxy groups -OCH3 is 2. The minimum Gasteiger partial charge on any atom is -0.495 e. The lowest BCUT2D eigenvalue weighted by Gasteiger charge is -2.24. The molecule has 13 heavy (non-hydrogen) atoms. The van der Waals surface area contributed by atoms with Crippen LogP contribution in [0.15, 0.2) is 11.8 Å². The molecule has 1 atom stereocenters. The van der Waals surface area contributed by atoms with Crippen molar-refractivity contribution in [3.8, 4) is 0 Å². The third kappa shape index (κ3) is 2.69. The van der Waals surface area contributed by atoms with Crippen LogP contribution < -0.4 is 0 Å². The van der Waals surface area contributed by atoms with Crippen LogP contribution in [0.25, 0.3) is 0 Å². The summed E-state index contributed by atoms with van der Waals surface area (Å²) in [6.07, 6.45) is 2.34. The summed E-state index contributed by atoms with van der Waals surface area (Å²) in [6.45, 7) is 0.656. The molecular weight excluding hydrogens is 172 g/mol. The maximum Gasteiger partial charge on any atom is 0.190 e. The number of hydrogen-bond donors (Lipinski definition) is 1. The van der Waals surface area contributed by atoms with Gasteiger partial charge in [-0.05, 0) is 18.9 Å². The van der Waals surface area contributed by atoms with Crippen LogP contribution in [0.1, 0.15) is 12.8 Å². The third-order valence-corrected chi connectivity index (χ3v) is 1.98. The molecule has 1 N–H and O–H groups in total. The largest absolute Gasteiger partial charge is 0.495 e. The number of allylic oxidation sites excluding steroid dienone is 1. The summed E-state index contributed by atoms with van der Waals surface area (Å²) < 4.78 is 15.1. The quantitative estimate of drug-likeness (QED) is 0.658. The second-order valence-corrected chi connectivity index (χ2v) is 2.88. The first-order chi connectivity index (χ1) is 6.29. The Morgan fingerprint density at radius 2 is 2.15 bits per heavy atom. The van der Waals surface area contributed by atoms with Crippen molar-refractivity contribution in [3.63, 3.8) is 0 Å². The van der Waals surface area contributed by atoms with Crippen molar-refractivity contribution in [3.05, 3.63) is 11.8 Å². The SMILES string of the molecule is COC(OC)C(O)C1=CCCCO1. The van der Waals surface area contributed by atoms with Gasteiger partial charge in [0.25, 0.3) is 0 Å². The Hall–Kier alpha value is -0.580. The Morgan fingerprint density at radius 1 is 1.46 bits per heavy atom.